The summed E-state index contributed by atoms with van der Waals surface area (Å²) in [6, 6.07) is 8.03. The second-order valence-electron chi connectivity index (χ2n) is 4.11. The van der Waals surface area contributed by atoms with Crippen molar-refractivity contribution in [2.75, 3.05) is 0 Å². The van der Waals surface area contributed by atoms with Crippen molar-refractivity contribution < 1.29 is 9.13 Å². The van der Waals surface area contributed by atoms with E-state index in [9.17, 15) is 4.39 Å². The zero-order chi connectivity index (χ0) is 13.1. The first kappa shape index (κ1) is 12.5. The molecular weight excluding hydrogens is 231 g/mol. The number of nitrogens with zero attached hydrogens (tertiary/aromatic N) is 1. The molecule has 94 valence electrons. The van der Waals surface area contributed by atoms with Crippen LogP contribution in [-0.2, 0) is 6.54 Å². The second-order valence-corrected chi connectivity index (χ2v) is 4.11. The molecule has 0 aliphatic heterocycles. The van der Waals surface area contributed by atoms with Crippen molar-refractivity contribution in [1.29, 1.82) is 0 Å². The Kier molecular flexibility index (Phi) is 3.58. The van der Waals surface area contributed by atoms with Crippen LogP contribution in [0.25, 0.3) is 0 Å². The second kappa shape index (κ2) is 5.14. The van der Waals surface area contributed by atoms with Gasteiger partial charge in [-0.3, -0.25) is 0 Å². The van der Waals surface area contributed by atoms with Gasteiger partial charge in [-0.05, 0) is 43.2 Å². The number of aromatic nitrogens is 1. The van der Waals surface area contributed by atoms with Gasteiger partial charge in [0.1, 0.15) is 11.6 Å². The van der Waals surface area contributed by atoms with Crippen molar-refractivity contribution in [2.45, 2.75) is 20.4 Å². The van der Waals surface area contributed by atoms with Crippen LogP contribution in [0.3, 0.4) is 0 Å². The zero-order valence-electron chi connectivity index (χ0n) is 10.4. The fourth-order valence-corrected chi connectivity index (χ4v) is 1.68. The van der Waals surface area contributed by atoms with Crippen molar-refractivity contribution in [3.63, 3.8) is 0 Å². The van der Waals surface area contributed by atoms with Gasteiger partial charge in [0.05, 0.1) is 0 Å². The number of halogens is 1. The molecule has 1 aromatic heterocycles. The Labute approximate surface area is 105 Å². The Morgan fingerprint density at radius 2 is 2.00 bits per heavy atom. The Balaban J connectivity index is 2.26. The van der Waals surface area contributed by atoms with Crippen molar-refractivity contribution in [1.82, 2.24) is 4.98 Å². The van der Waals surface area contributed by atoms with Crippen LogP contribution in [-0.4, -0.2) is 4.98 Å². The normalized spacial score (nSPS) is 10.4. The molecular formula is C14H15FN2O. The summed E-state index contributed by atoms with van der Waals surface area (Å²) in [6.07, 6.45) is 0. The predicted molar refractivity (Wildman–Crippen MR) is 68.1 cm³/mol. The van der Waals surface area contributed by atoms with Gasteiger partial charge in [0.15, 0.2) is 0 Å². The molecule has 2 N–H and O–H groups in total. The number of rotatable bonds is 3. The van der Waals surface area contributed by atoms with Crippen molar-refractivity contribution >= 4 is 0 Å². The van der Waals surface area contributed by atoms with Crippen LogP contribution in [0.4, 0.5) is 4.39 Å². The van der Waals surface area contributed by atoms with Gasteiger partial charge >= 0.3 is 0 Å². The number of ether oxygens (including phenoxy) is 1. The topological polar surface area (TPSA) is 48.1 Å². The molecule has 0 fully saturated rings. The first-order chi connectivity index (χ1) is 8.60. The van der Waals surface area contributed by atoms with Crippen molar-refractivity contribution in [2.24, 2.45) is 5.73 Å². The van der Waals surface area contributed by atoms with Crippen LogP contribution in [0.15, 0.2) is 30.3 Å². The highest BCUT2D eigenvalue weighted by molar-refractivity contribution is 5.36. The molecule has 0 aliphatic carbocycles. The third kappa shape index (κ3) is 2.65. The molecule has 2 rings (SSSR count). The fourth-order valence-electron chi connectivity index (χ4n) is 1.68. The third-order valence-corrected chi connectivity index (χ3v) is 2.74. The van der Waals surface area contributed by atoms with E-state index < -0.39 is 0 Å². The van der Waals surface area contributed by atoms with Crippen LogP contribution in [0.5, 0.6) is 11.6 Å². The lowest BCUT2D eigenvalue weighted by Gasteiger charge is -2.09. The SMILES string of the molecule is Cc1cc(F)ccc1Oc1ccc(CN)c(C)n1. The van der Waals surface area contributed by atoms with Crippen LogP contribution < -0.4 is 10.5 Å². The van der Waals surface area contributed by atoms with E-state index in [1.165, 1.54) is 12.1 Å². The van der Waals surface area contributed by atoms with E-state index in [2.05, 4.69) is 4.98 Å². The first-order valence-electron chi connectivity index (χ1n) is 5.70. The molecule has 0 saturated carbocycles. The number of aryl methyl sites for hydroxylation is 2. The van der Waals surface area contributed by atoms with Gasteiger partial charge in [0, 0.05) is 18.3 Å². The summed E-state index contributed by atoms with van der Waals surface area (Å²) in [6.45, 7) is 4.13. The standard InChI is InChI=1S/C14H15FN2O/c1-9-7-12(15)4-5-13(9)18-14-6-3-11(8-16)10(2)17-14/h3-7H,8,16H2,1-2H3. The van der Waals surface area contributed by atoms with E-state index in [-0.39, 0.29) is 5.82 Å². The number of benzene rings is 1. The minimum atomic E-state index is -0.275. The van der Waals surface area contributed by atoms with E-state index in [0.717, 1.165) is 16.8 Å². The molecule has 2 aromatic rings. The minimum Gasteiger partial charge on any atom is -0.439 e. The molecule has 0 amide bonds. The lowest BCUT2D eigenvalue weighted by atomic mass is 10.2. The molecule has 3 nitrogen and oxygen atoms in total. The number of hydrogen-bond acceptors (Lipinski definition) is 3. The highest BCUT2D eigenvalue weighted by atomic mass is 19.1. The van der Waals surface area contributed by atoms with Gasteiger partial charge < -0.3 is 10.5 Å². The maximum Gasteiger partial charge on any atom is 0.219 e. The highest BCUT2D eigenvalue weighted by Gasteiger charge is 2.05. The quantitative estimate of drug-likeness (QED) is 0.905. The van der Waals surface area contributed by atoms with Gasteiger partial charge in [0.25, 0.3) is 0 Å². The zero-order valence-corrected chi connectivity index (χ0v) is 10.4. The van der Waals surface area contributed by atoms with Gasteiger partial charge in [-0.15, -0.1) is 0 Å². The van der Waals surface area contributed by atoms with Crippen LogP contribution in [0.1, 0.15) is 16.8 Å². The number of pyridine rings is 1. The summed E-state index contributed by atoms with van der Waals surface area (Å²) in [7, 11) is 0. The lowest BCUT2D eigenvalue weighted by Crippen LogP contribution is -2.01. The molecule has 0 unspecified atom stereocenters. The molecule has 18 heavy (non-hydrogen) atoms. The van der Waals surface area contributed by atoms with E-state index >= 15 is 0 Å². The molecule has 4 heteroatoms. The average molecular weight is 246 g/mol. The fraction of sp³-hybridized carbons (Fsp3) is 0.214. The Bertz CT molecular complexity index is 570. The van der Waals surface area contributed by atoms with Gasteiger partial charge in [0.2, 0.25) is 5.88 Å². The van der Waals surface area contributed by atoms with E-state index in [1.807, 2.05) is 13.0 Å². The Morgan fingerprint density at radius 1 is 1.22 bits per heavy atom. The monoisotopic (exact) mass is 246 g/mol. The van der Waals surface area contributed by atoms with Gasteiger partial charge in [-0.25, -0.2) is 9.37 Å². The summed E-state index contributed by atoms with van der Waals surface area (Å²) in [5.41, 5.74) is 8.13. The van der Waals surface area contributed by atoms with E-state index in [4.69, 9.17) is 10.5 Å². The highest BCUT2D eigenvalue weighted by Crippen LogP contribution is 2.24. The molecule has 0 aliphatic rings. The Morgan fingerprint density at radius 3 is 2.61 bits per heavy atom. The smallest absolute Gasteiger partial charge is 0.219 e. The van der Waals surface area contributed by atoms with Crippen molar-refractivity contribution in [3.05, 3.63) is 53.0 Å². The number of nitrogens with two attached hydrogens (primary N) is 1. The molecule has 1 heterocycles. The van der Waals surface area contributed by atoms with Crippen LogP contribution >= 0.6 is 0 Å². The van der Waals surface area contributed by atoms with Gasteiger partial charge in [-0.1, -0.05) is 6.07 Å². The summed E-state index contributed by atoms with van der Waals surface area (Å²) >= 11 is 0. The number of hydrogen-bond donors (Lipinski definition) is 1. The van der Waals surface area contributed by atoms with Gasteiger partial charge in [-0.2, -0.15) is 0 Å². The summed E-state index contributed by atoms with van der Waals surface area (Å²) in [5, 5.41) is 0. The van der Waals surface area contributed by atoms with E-state index in [1.54, 1.807) is 19.1 Å². The van der Waals surface area contributed by atoms with Crippen molar-refractivity contribution in [3.8, 4) is 11.6 Å². The van der Waals surface area contributed by atoms with Crippen LogP contribution in [0, 0.1) is 19.7 Å². The lowest BCUT2D eigenvalue weighted by molar-refractivity contribution is 0.456. The average Bonchev–Trinajstić information content (AvgIpc) is 2.33. The maximum atomic E-state index is 13.0. The molecule has 0 saturated heterocycles. The van der Waals surface area contributed by atoms with E-state index in [0.29, 0.717) is 18.2 Å². The molecule has 0 radical (unpaired) electrons. The summed E-state index contributed by atoms with van der Waals surface area (Å²) < 4.78 is 18.6. The van der Waals surface area contributed by atoms with Crippen LogP contribution in [0.2, 0.25) is 0 Å². The predicted octanol–water partition coefficient (Wildman–Crippen LogP) is 3.09. The molecule has 0 spiro atoms. The Hall–Kier alpha value is -1.94. The molecule has 0 atom stereocenters. The minimum absolute atomic E-state index is 0.275. The summed E-state index contributed by atoms with van der Waals surface area (Å²) in [4.78, 5) is 4.31. The first-order valence-corrected chi connectivity index (χ1v) is 5.70. The molecule has 1 aromatic carbocycles. The third-order valence-electron chi connectivity index (χ3n) is 2.74. The largest absolute Gasteiger partial charge is 0.439 e. The molecule has 0 bridgehead atoms. The maximum absolute atomic E-state index is 13.0. The summed E-state index contributed by atoms with van der Waals surface area (Å²) in [5.74, 6) is 0.811.